The number of rotatable bonds is 2. The average molecular weight is 390 g/mol. The van der Waals surface area contributed by atoms with Crippen LogP contribution in [-0.2, 0) is 6.42 Å². The van der Waals surface area contributed by atoms with E-state index in [9.17, 15) is 14.7 Å². The number of nitrogens with one attached hydrogen (secondary N) is 1. The molecule has 1 fully saturated rings. The second-order valence-corrected chi connectivity index (χ2v) is 7.77. The first kappa shape index (κ1) is 17.8. The number of piperidine rings is 1. The lowest BCUT2D eigenvalue weighted by Gasteiger charge is -2.27. The number of fused-ring (bicyclic) bond motifs is 2. The fourth-order valence-electron chi connectivity index (χ4n) is 4.40. The van der Waals surface area contributed by atoms with Gasteiger partial charge >= 0.3 is 0 Å². The van der Waals surface area contributed by atoms with Crippen LogP contribution in [0.1, 0.15) is 48.2 Å². The van der Waals surface area contributed by atoms with Gasteiger partial charge in [-0.1, -0.05) is 12.1 Å². The Morgan fingerprint density at radius 3 is 2.41 bits per heavy atom. The van der Waals surface area contributed by atoms with Gasteiger partial charge in [0.1, 0.15) is 5.75 Å². The lowest BCUT2D eigenvalue weighted by Crippen LogP contribution is -2.32. The van der Waals surface area contributed by atoms with Crippen molar-refractivity contribution in [3.63, 3.8) is 0 Å². The maximum absolute atomic E-state index is 13.2. The smallest absolute Gasteiger partial charge is 0.262 e. The molecule has 0 amide bonds. The molecule has 1 aliphatic carbocycles. The quantitative estimate of drug-likeness (QED) is 0.697. The minimum absolute atomic E-state index is 0.00299. The monoisotopic (exact) mass is 390 g/mol. The molecule has 0 atom stereocenters. The molecular weight excluding hydrogens is 368 g/mol. The summed E-state index contributed by atoms with van der Waals surface area (Å²) in [7, 11) is 0. The third-order valence-corrected chi connectivity index (χ3v) is 5.83. The summed E-state index contributed by atoms with van der Waals surface area (Å²) < 4.78 is 0. The highest BCUT2D eigenvalue weighted by molar-refractivity contribution is 6.10. The molecule has 1 saturated heterocycles. The predicted octanol–water partition coefficient (Wildman–Crippen LogP) is 3.20. The van der Waals surface area contributed by atoms with Crippen LogP contribution in [0.15, 0.2) is 29.1 Å². The highest BCUT2D eigenvalue weighted by atomic mass is 16.3. The molecule has 5 rings (SSSR count). The molecule has 3 aromatic rings. The molecular formula is C22H22N4O3. The number of phenolic OH excluding ortho intramolecular Hbond substituents is 1. The van der Waals surface area contributed by atoms with Crippen molar-refractivity contribution in [3.8, 4) is 16.9 Å². The number of pyridine rings is 1. The first-order valence-electron chi connectivity index (χ1n) is 10.2. The van der Waals surface area contributed by atoms with E-state index in [4.69, 9.17) is 4.98 Å². The van der Waals surface area contributed by atoms with Gasteiger partial charge in [-0.25, -0.2) is 4.98 Å². The van der Waals surface area contributed by atoms with E-state index in [1.165, 1.54) is 6.42 Å². The van der Waals surface area contributed by atoms with Gasteiger partial charge in [-0.2, -0.15) is 4.98 Å². The van der Waals surface area contributed by atoms with Crippen LogP contribution in [0.3, 0.4) is 0 Å². The zero-order chi connectivity index (χ0) is 20.0. The average Bonchev–Trinajstić information content (AvgIpc) is 2.74. The summed E-state index contributed by atoms with van der Waals surface area (Å²) in [4.78, 5) is 40.3. The maximum Gasteiger partial charge on any atom is 0.262 e. The maximum atomic E-state index is 13.2. The number of anilines is 1. The molecule has 0 saturated carbocycles. The second kappa shape index (κ2) is 6.99. The van der Waals surface area contributed by atoms with Gasteiger partial charge in [0.15, 0.2) is 11.4 Å². The molecule has 3 heterocycles. The van der Waals surface area contributed by atoms with Crippen LogP contribution in [0.2, 0.25) is 0 Å². The third kappa shape index (κ3) is 3.06. The molecule has 0 radical (unpaired) electrons. The minimum atomic E-state index is -0.285. The summed E-state index contributed by atoms with van der Waals surface area (Å²) in [6.07, 6.45) is 5.23. The Labute approximate surface area is 167 Å². The number of aromatic nitrogens is 3. The van der Waals surface area contributed by atoms with Crippen molar-refractivity contribution < 1.29 is 9.90 Å². The Morgan fingerprint density at radius 1 is 0.897 bits per heavy atom. The van der Waals surface area contributed by atoms with E-state index >= 15 is 0 Å². The van der Waals surface area contributed by atoms with Crippen LogP contribution in [-0.4, -0.2) is 38.9 Å². The summed E-state index contributed by atoms with van der Waals surface area (Å²) in [5.74, 6) is 0.684. The van der Waals surface area contributed by atoms with Gasteiger partial charge in [-0.05, 0) is 49.8 Å². The molecule has 2 aromatic heterocycles. The van der Waals surface area contributed by atoms with Crippen molar-refractivity contribution in [2.24, 2.45) is 0 Å². The Kier molecular flexibility index (Phi) is 4.30. The Balaban J connectivity index is 1.80. The van der Waals surface area contributed by atoms with Gasteiger partial charge in [0.25, 0.3) is 5.56 Å². The summed E-state index contributed by atoms with van der Waals surface area (Å²) in [6, 6.07) is 6.57. The lowest BCUT2D eigenvalue weighted by molar-refractivity contribution is 0.0972. The highest BCUT2D eigenvalue weighted by Crippen LogP contribution is 2.35. The summed E-state index contributed by atoms with van der Waals surface area (Å²) >= 11 is 0. The SMILES string of the molecule is O=C1CCCc2nc3nc(N4CCCCC4)[nH]c(=O)c3c(-c3ccc(O)cc3)c21. The van der Waals surface area contributed by atoms with Gasteiger partial charge in [-0.3, -0.25) is 14.6 Å². The minimum Gasteiger partial charge on any atom is -0.508 e. The van der Waals surface area contributed by atoms with Crippen LogP contribution in [0.5, 0.6) is 5.75 Å². The largest absolute Gasteiger partial charge is 0.508 e. The lowest BCUT2D eigenvalue weighted by atomic mass is 9.87. The van der Waals surface area contributed by atoms with E-state index in [1.807, 2.05) is 0 Å². The number of phenols is 1. The molecule has 2 aliphatic rings. The Morgan fingerprint density at radius 2 is 1.66 bits per heavy atom. The van der Waals surface area contributed by atoms with E-state index in [1.54, 1.807) is 24.3 Å². The molecule has 7 nitrogen and oxygen atoms in total. The summed E-state index contributed by atoms with van der Waals surface area (Å²) in [6.45, 7) is 1.73. The van der Waals surface area contributed by atoms with Crippen LogP contribution >= 0.6 is 0 Å². The zero-order valence-corrected chi connectivity index (χ0v) is 16.1. The number of aromatic hydroxyl groups is 1. The Hall–Kier alpha value is -3.22. The zero-order valence-electron chi connectivity index (χ0n) is 16.1. The van der Waals surface area contributed by atoms with Crippen LogP contribution < -0.4 is 10.5 Å². The number of nitrogens with zero attached hydrogens (tertiary/aromatic N) is 3. The van der Waals surface area contributed by atoms with Crippen LogP contribution in [0.4, 0.5) is 5.95 Å². The molecule has 148 valence electrons. The summed E-state index contributed by atoms with van der Waals surface area (Å²) in [5.41, 5.74) is 2.61. The number of Topliss-reactive ketones (excluding diaryl/α,β-unsaturated/α-hetero) is 1. The molecule has 1 aliphatic heterocycles. The van der Waals surface area contributed by atoms with E-state index < -0.39 is 0 Å². The normalized spacial score (nSPS) is 16.8. The van der Waals surface area contributed by atoms with Gasteiger partial charge in [0.05, 0.1) is 11.1 Å². The number of benzene rings is 1. The van der Waals surface area contributed by atoms with E-state index in [2.05, 4.69) is 14.9 Å². The molecule has 1 aromatic carbocycles. The number of aryl methyl sites for hydroxylation is 1. The first-order valence-corrected chi connectivity index (χ1v) is 10.2. The first-order chi connectivity index (χ1) is 14.1. The predicted molar refractivity (Wildman–Crippen MR) is 111 cm³/mol. The van der Waals surface area contributed by atoms with Gasteiger partial charge < -0.3 is 10.0 Å². The van der Waals surface area contributed by atoms with Crippen molar-refractivity contribution in [1.29, 1.82) is 0 Å². The molecule has 7 heteroatoms. The molecule has 2 N–H and O–H groups in total. The van der Waals surface area contributed by atoms with Crippen molar-refractivity contribution in [1.82, 2.24) is 15.0 Å². The third-order valence-electron chi connectivity index (χ3n) is 5.83. The molecule has 29 heavy (non-hydrogen) atoms. The fraction of sp³-hybridized carbons (Fsp3) is 0.364. The van der Waals surface area contributed by atoms with Crippen molar-refractivity contribution >= 4 is 22.8 Å². The van der Waals surface area contributed by atoms with E-state index in [-0.39, 0.29) is 17.1 Å². The van der Waals surface area contributed by atoms with Crippen LogP contribution in [0.25, 0.3) is 22.2 Å². The number of H-pyrrole nitrogens is 1. The second-order valence-electron chi connectivity index (χ2n) is 7.77. The van der Waals surface area contributed by atoms with Crippen molar-refractivity contribution in [2.75, 3.05) is 18.0 Å². The standard InChI is InChI=1S/C22H22N4O3/c27-14-9-7-13(8-10-14)17-18-15(5-4-6-16(18)28)23-20-19(17)21(29)25-22(24-20)26-11-2-1-3-12-26/h7-10,27H,1-6,11-12H2,(H,23,24,25,29). The number of aromatic amines is 1. The highest BCUT2D eigenvalue weighted by Gasteiger charge is 2.28. The van der Waals surface area contributed by atoms with E-state index in [0.29, 0.717) is 52.2 Å². The molecule has 0 unspecified atom stereocenters. The number of carbonyl (C=O) groups excluding carboxylic acids is 1. The van der Waals surface area contributed by atoms with Gasteiger partial charge in [-0.15, -0.1) is 0 Å². The van der Waals surface area contributed by atoms with E-state index in [0.717, 1.165) is 32.4 Å². The number of hydrogen-bond donors (Lipinski definition) is 2. The summed E-state index contributed by atoms with van der Waals surface area (Å²) in [5, 5.41) is 10.0. The molecule has 0 bridgehead atoms. The molecule has 0 spiro atoms. The van der Waals surface area contributed by atoms with Gasteiger partial charge in [0.2, 0.25) is 5.95 Å². The Bertz CT molecular complexity index is 1160. The van der Waals surface area contributed by atoms with Crippen molar-refractivity contribution in [2.45, 2.75) is 38.5 Å². The fourth-order valence-corrected chi connectivity index (χ4v) is 4.40. The topological polar surface area (TPSA) is 99.2 Å². The van der Waals surface area contributed by atoms with Crippen molar-refractivity contribution in [3.05, 3.63) is 45.9 Å². The number of hydrogen-bond acceptors (Lipinski definition) is 6. The number of ketones is 1. The van der Waals surface area contributed by atoms with Gasteiger partial charge in [0, 0.05) is 30.6 Å². The van der Waals surface area contributed by atoms with Crippen LogP contribution in [0, 0.1) is 0 Å². The number of carbonyl (C=O) groups is 1.